The fourth-order valence-corrected chi connectivity index (χ4v) is 12.7. The third-order valence-corrected chi connectivity index (χ3v) is 12.7. The first-order valence-corrected chi connectivity index (χ1v) is 17.4. The van der Waals surface area contributed by atoms with Gasteiger partial charge in [-0.3, -0.25) is 20.4 Å². The Kier molecular flexibility index (Phi) is 156. The summed E-state index contributed by atoms with van der Waals surface area (Å²) in [5, 5.41) is 12.5. The van der Waals surface area contributed by atoms with Gasteiger partial charge in [-0.1, -0.05) is 0 Å². The number of nitrogens with zero attached hydrogens (tertiary/aromatic N) is 2. The van der Waals surface area contributed by atoms with Crippen molar-refractivity contribution >= 4 is 52.1 Å². The van der Waals surface area contributed by atoms with Gasteiger partial charge in [0.2, 0.25) is 0 Å². The summed E-state index contributed by atoms with van der Waals surface area (Å²) in [6, 6.07) is 0. The molecule has 0 aliphatic carbocycles. The van der Waals surface area contributed by atoms with Gasteiger partial charge in [0.05, 0.1) is 0 Å². The largest absolute Gasteiger partial charge is 0.545 e. The number of hydrogen-bond donors (Lipinski definition) is 0. The Hall–Kier alpha value is 1.09. The van der Waals surface area contributed by atoms with Crippen molar-refractivity contribution in [1.82, 2.24) is 0 Å². The van der Waals surface area contributed by atoms with Crippen LogP contribution in [0.15, 0.2) is 0 Å². The quantitative estimate of drug-likeness (QED) is 0.248. The second-order valence-corrected chi connectivity index (χ2v) is 17.7. The molecule has 0 fully saturated rings. The molecule has 0 N–H and O–H groups in total. The molecule has 0 spiro atoms. The van der Waals surface area contributed by atoms with Crippen molar-refractivity contribution < 1.29 is 56.5 Å². The van der Waals surface area contributed by atoms with E-state index in [1.807, 2.05) is 0 Å². The van der Waals surface area contributed by atoms with Gasteiger partial charge in [0.1, 0.15) is 0 Å². The predicted molar refractivity (Wildman–Crippen MR) is 121 cm³/mol. The van der Waals surface area contributed by atoms with E-state index in [1.54, 1.807) is 11.8 Å². The summed E-state index contributed by atoms with van der Waals surface area (Å²) < 4.78 is 0. The number of carbonyl (C=O) groups excluding carboxylic acids is 3. The Morgan fingerprint density at radius 3 is 0.615 bits per heavy atom. The molecule has 5 nitrogen and oxygen atoms in total. The Labute approximate surface area is 196 Å². The Morgan fingerprint density at radius 1 is 0.538 bits per heavy atom. The summed E-state index contributed by atoms with van der Waals surface area (Å²) in [4.78, 5) is 23.2. The van der Waals surface area contributed by atoms with E-state index in [-0.39, 0.29) is 73.8 Å². The standard InChI is InChI=1S/2C5H14P2.2CN.3CHO.Pt.W/c2*1-6(2)5-7(3)4;5*1-2;;/h2*5H2,1-4H3;;;3*1H;;/q;;5*-1;;/p+4. The van der Waals surface area contributed by atoms with Crippen LogP contribution in [0, 0.1) is 23.7 Å². The van der Waals surface area contributed by atoms with Gasteiger partial charge in [-0.2, -0.15) is 0 Å². The summed E-state index contributed by atoms with van der Waals surface area (Å²) in [5.41, 5.74) is 0. The fraction of sp³-hybridized carbons (Fsp3) is 0.667. The van der Waals surface area contributed by atoms with Gasteiger partial charge in [0, 0.05) is 127 Å². The molecule has 11 heteroatoms. The van der Waals surface area contributed by atoms with Crippen LogP contribution in [0.25, 0.3) is 0 Å². The SMILES string of the molecule is C[PH+](C)C[PH+](C)C.C[PH+](C)C[PH+](C)C.[C-]#N.[C-]#N.[CH-]=O.[CH-]=O.[CH-]=O.[Pt].[W]. The van der Waals surface area contributed by atoms with Crippen LogP contribution in [0.4, 0.5) is 0 Å². The van der Waals surface area contributed by atoms with E-state index >= 15 is 0 Å². The van der Waals surface area contributed by atoms with Crippen molar-refractivity contribution in [2.24, 2.45) is 0 Å². The van der Waals surface area contributed by atoms with Crippen LogP contribution in [-0.2, 0) is 56.5 Å². The maximum absolute atomic E-state index is 7.75. The number of rotatable bonds is 4. The minimum Gasteiger partial charge on any atom is -0.545 e. The van der Waals surface area contributed by atoms with Gasteiger partial charge in [0.25, 0.3) is 0 Å². The smallest absolute Gasteiger partial charge is 0.154 e. The zero-order valence-corrected chi connectivity index (χ0v) is 26.2. The molecule has 160 valence electrons. The van der Waals surface area contributed by atoms with E-state index in [2.05, 4.69) is 73.7 Å². The van der Waals surface area contributed by atoms with Crippen molar-refractivity contribution in [3.05, 3.63) is 13.1 Å². The summed E-state index contributed by atoms with van der Waals surface area (Å²) >= 11 is 0. The number of hydrogen-bond acceptors (Lipinski definition) is 5. The van der Waals surface area contributed by atoms with Gasteiger partial charge < -0.3 is 38.1 Å². The molecule has 0 rings (SSSR count). The molecule has 0 bridgehead atoms. The van der Waals surface area contributed by atoms with Gasteiger partial charge >= 0.3 is 0 Å². The molecule has 0 aromatic carbocycles. The van der Waals surface area contributed by atoms with Crippen molar-refractivity contribution in [3.63, 3.8) is 0 Å². The van der Waals surface area contributed by atoms with Crippen LogP contribution in [0.1, 0.15) is 0 Å². The molecule has 0 saturated carbocycles. The van der Waals surface area contributed by atoms with Crippen LogP contribution in [0.2, 0.25) is 0 Å². The molecule has 0 aliphatic rings. The monoisotopic (exact) mass is 794 g/mol. The normalized spacial score (nSPS) is 6.62. The third-order valence-electron chi connectivity index (χ3n) is 1.41. The van der Waals surface area contributed by atoms with Gasteiger partial charge in [-0.05, 0) is 0 Å². The second kappa shape index (κ2) is 72.1. The zero-order chi connectivity index (χ0) is 21.7. The average molecular weight is 794 g/mol. The molecule has 0 aromatic heterocycles. The van der Waals surface area contributed by atoms with Crippen molar-refractivity contribution in [2.45, 2.75) is 0 Å². The maximum atomic E-state index is 7.75. The Bertz CT molecular complexity index is 203. The third kappa shape index (κ3) is 176. The molecular weight excluding hydrogens is 759 g/mol. The summed E-state index contributed by atoms with van der Waals surface area (Å²) in [5.74, 6) is 3.13. The fourth-order valence-electron chi connectivity index (χ4n) is 1.41. The molecule has 0 saturated heterocycles. The first-order chi connectivity index (χ1) is 11.3. The van der Waals surface area contributed by atoms with Crippen LogP contribution >= 0.6 is 31.7 Å². The minimum absolute atomic E-state index is 0. The van der Waals surface area contributed by atoms with E-state index in [1.165, 1.54) is 0 Å². The zero-order valence-electron chi connectivity index (χ0n) is 17.0. The van der Waals surface area contributed by atoms with E-state index < -0.39 is 0 Å². The first-order valence-electron chi connectivity index (χ1n) is 6.57. The van der Waals surface area contributed by atoms with E-state index in [4.69, 9.17) is 38.1 Å². The Morgan fingerprint density at radius 2 is 0.615 bits per heavy atom. The summed E-state index contributed by atoms with van der Waals surface area (Å²) in [6.45, 7) is 38.4. The van der Waals surface area contributed by atoms with Crippen molar-refractivity contribution in [2.75, 3.05) is 65.1 Å². The molecule has 0 radical (unpaired) electrons. The van der Waals surface area contributed by atoms with Crippen LogP contribution in [-0.4, -0.2) is 85.5 Å². The van der Waals surface area contributed by atoms with Crippen LogP contribution in [0.3, 0.4) is 0 Å². The molecule has 0 atom stereocenters. The van der Waals surface area contributed by atoms with Gasteiger partial charge in [-0.15, -0.1) is 0 Å². The van der Waals surface area contributed by atoms with Crippen LogP contribution < -0.4 is 0 Å². The summed E-state index contributed by atoms with van der Waals surface area (Å²) in [6.07, 6.45) is 0. The van der Waals surface area contributed by atoms with Crippen LogP contribution in [0.5, 0.6) is 0 Å². The van der Waals surface area contributed by atoms with E-state index in [9.17, 15) is 0 Å². The molecule has 0 heterocycles. The molecular formula is C15H35N2O3P4PtW-. The topological polar surface area (TPSA) is 98.8 Å². The van der Waals surface area contributed by atoms with Gasteiger partial charge in [-0.25, -0.2) is 0 Å². The second-order valence-electron chi connectivity index (χ2n) is 5.18. The molecule has 0 amide bonds. The molecule has 26 heavy (non-hydrogen) atoms. The molecule has 0 unspecified atom stereocenters. The molecule has 0 aliphatic heterocycles. The predicted octanol–water partition coefficient (Wildman–Crippen LogP) is 3.15. The minimum atomic E-state index is 0. The van der Waals surface area contributed by atoms with Crippen molar-refractivity contribution in [3.8, 4) is 0 Å². The Balaban J connectivity index is -0.0000000204. The van der Waals surface area contributed by atoms with Gasteiger partial charge in [0.15, 0.2) is 11.8 Å². The average Bonchev–Trinajstić information content (AvgIpc) is 2.55. The summed E-state index contributed by atoms with van der Waals surface area (Å²) in [7, 11) is 0.444. The first kappa shape index (κ1) is 56.3. The van der Waals surface area contributed by atoms with Crippen molar-refractivity contribution in [1.29, 1.82) is 10.5 Å². The maximum Gasteiger partial charge on any atom is 0.154 e. The van der Waals surface area contributed by atoms with E-state index in [0.29, 0.717) is 0 Å². The van der Waals surface area contributed by atoms with E-state index in [0.717, 1.165) is 0 Å². The molecule has 0 aromatic rings.